The Bertz CT molecular complexity index is 469. The Morgan fingerprint density at radius 1 is 1.38 bits per heavy atom. The molecule has 1 aromatic rings. The second-order valence-corrected chi connectivity index (χ2v) is 5.43. The van der Waals surface area contributed by atoms with E-state index in [1.807, 2.05) is 18.2 Å². The van der Waals surface area contributed by atoms with E-state index in [1.165, 1.54) is 0 Å². The van der Waals surface area contributed by atoms with Crippen molar-refractivity contribution in [2.75, 3.05) is 33.9 Å². The van der Waals surface area contributed by atoms with Crippen molar-refractivity contribution in [1.82, 2.24) is 4.90 Å². The highest BCUT2D eigenvalue weighted by atomic mass is 79.9. The van der Waals surface area contributed by atoms with Gasteiger partial charge in [-0.3, -0.25) is 4.90 Å². The van der Waals surface area contributed by atoms with E-state index in [0.717, 1.165) is 28.9 Å². The summed E-state index contributed by atoms with van der Waals surface area (Å²) in [6, 6.07) is 5.98. The Balaban J connectivity index is 2.68. The van der Waals surface area contributed by atoms with E-state index >= 15 is 0 Å². The summed E-state index contributed by atoms with van der Waals surface area (Å²) >= 11 is 3.48. The Kier molecular flexibility index (Phi) is 8.11. The van der Waals surface area contributed by atoms with Gasteiger partial charge in [0.1, 0.15) is 11.6 Å². The Morgan fingerprint density at radius 3 is 2.71 bits per heavy atom. The average Bonchev–Trinajstić information content (AvgIpc) is 2.49. The van der Waals surface area contributed by atoms with E-state index < -0.39 is 0 Å². The minimum atomic E-state index is 0.230. The zero-order valence-electron chi connectivity index (χ0n) is 12.4. The second-order valence-electron chi connectivity index (χ2n) is 4.58. The maximum atomic E-state index is 8.61. The van der Waals surface area contributed by atoms with Gasteiger partial charge in [0.05, 0.1) is 18.2 Å². The van der Waals surface area contributed by atoms with Crippen molar-refractivity contribution in [3.8, 4) is 5.75 Å². The molecule has 0 aliphatic rings. The first-order chi connectivity index (χ1) is 10.1. The molecule has 0 amide bonds. The molecule has 0 radical (unpaired) electrons. The van der Waals surface area contributed by atoms with Gasteiger partial charge >= 0.3 is 0 Å². The van der Waals surface area contributed by atoms with Crippen LogP contribution in [0.25, 0.3) is 0 Å². The first-order valence-electron chi connectivity index (χ1n) is 6.60. The highest BCUT2D eigenvalue weighted by Crippen LogP contribution is 2.26. The number of methoxy groups -OCH3 is 2. The maximum absolute atomic E-state index is 8.61. The van der Waals surface area contributed by atoms with Crippen LogP contribution in [0, 0.1) is 0 Å². The molecule has 6 nitrogen and oxygen atoms in total. The van der Waals surface area contributed by atoms with Crippen LogP contribution in [-0.4, -0.2) is 49.9 Å². The number of hydrogen-bond acceptors (Lipinski definition) is 5. The fourth-order valence-electron chi connectivity index (χ4n) is 1.88. The molecule has 118 valence electrons. The molecule has 1 rings (SSSR count). The summed E-state index contributed by atoms with van der Waals surface area (Å²) in [6.45, 7) is 2.86. The molecule has 0 saturated heterocycles. The monoisotopic (exact) mass is 359 g/mol. The molecule has 1 aromatic carbocycles. The summed E-state index contributed by atoms with van der Waals surface area (Å²) in [5.41, 5.74) is 6.67. The number of ether oxygens (including phenoxy) is 2. The fourth-order valence-corrected chi connectivity index (χ4v) is 2.47. The Labute approximate surface area is 133 Å². The van der Waals surface area contributed by atoms with Gasteiger partial charge in [0.2, 0.25) is 0 Å². The molecule has 0 aliphatic carbocycles. The zero-order valence-corrected chi connectivity index (χ0v) is 14.0. The standard InChI is InChI=1S/C14H22BrN3O3/c1-20-8-7-18(6-5-14(16)17-19)10-11-3-4-13(21-2)12(15)9-11/h3-4,9,19H,5-8,10H2,1-2H3,(H2,16,17). The van der Waals surface area contributed by atoms with Crippen LogP contribution in [0.5, 0.6) is 5.75 Å². The summed E-state index contributed by atoms with van der Waals surface area (Å²) in [5, 5.41) is 11.6. The van der Waals surface area contributed by atoms with E-state index in [0.29, 0.717) is 19.6 Å². The number of hydrogen-bond donors (Lipinski definition) is 2. The molecule has 0 aromatic heterocycles. The van der Waals surface area contributed by atoms with E-state index in [-0.39, 0.29) is 5.84 Å². The summed E-state index contributed by atoms with van der Waals surface area (Å²) in [4.78, 5) is 2.19. The third-order valence-corrected chi connectivity index (χ3v) is 3.67. The SMILES string of the molecule is COCCN(CCC(N)=NO)Cc1ccc(OC)c(Br)c1. The van der Waals surface area contributed by atoms with Gasteiger partial charge in [-0.25, -0.2) is 0 Å². The van der Waals surface area contributed by atoms with Crippen molar-refractivity contribution in [3.63, 3.8) is 0 Å². The quantitative estimate of drug-likeness (QED) is 0.305. The van der Waals surface area contributed by atoms with Crippen LogP contribution in [0.4, 0.5) is 0 Å². The third kappa shape index (κ3) is 6.33. The molecular weight excluding hydrogens is 338 g/mol. The number of amidine groups is 1. The van der Waals surface area contributed by atoms with E-state index in [2.05, 4.69) is 26.0 Å². The number of halogens is 1. The first kappa shape index (κ1) is 17.7. The molecular formula is C14H22BrN3O3. The van der Waals surface area contributed by atoms with Gasteiger partial charge in [-0.15, -0.1) is 0 Å². The number of benzene rings is 1. The molecule has 0 atom stereocenters. The van der Waals surface area contributed by atoms with Gasteiger partial charge in [-0.05, 0) is 33.6 Å². The molecule has 0 fully saturated rings. The summed E-state index contributed by atoms with van der Waals surface area (Å²) in [5.74, 6) is 1.03. The van der Waals surface area contributed by atoms with Gasteiger partial charge in [0.15, 0.2) is 0 Å². The van der Waals surface area contributed by atoms with Crippen molar-refractivity contribution >= 4 is 21.8 Å². The number of nitrogens with two attached hydrogens (primary N) is 1. The second kappa shape index (κ2) is 9.59. The first-order valence-corrected chi connectivity index (χ1v) is 7.40. The average molecular weight is 360 g/mol. The molecule has 3 N–H and O–H groups in total. The lowest BCUT2D eigenvalue weighted by molar-refractivity contribution is 0.145. The lowest BCUT2D eigenvalue weighted by Gasteiger charge is -2.22. The largest absolute Gasteiger partial charge is 0.496 e. The highest BCUT2D eigenvalue weighted by molar-refractivity contribution is 9.10. The van der Waals surface area contributed by atoms with Crippen molar-refractivity contribution in [1.29, 1.82) is 0 Å². The van der Waals surface area contributed by atoms with E-state index in [9.17, 15) is 0 Å². The number of nitrogens with zero attached hydrogens (tertiary/aromatic N) is 2. The van der Waals surface area contributed by atoms with E-state index in [1.54, 1.807) is 14.2 Å². The van der Waals surface area contributed by atoms with Crippen molar-refractivity contribution < 1.29 is 14.7 Å². The molecule has 21 heavy (non-hydrogen) atoms. The molecule has 7 heteroatoms. The van der Waals surface area contributed by atoms with Gasteiger partial charge in [-0.2, -0.15) is 0 Å². The van der Waals surface area contributed by atoms with Gasteiger partial charge in [-0.1, -0.05) is 11.2 Å². The van der Waals surface area contributed by atoms with Crippen LogP contribution in [0.15, 0.2) is 27.8 Å². The topological polar surface area (TPSA) is 80.3 Å². The molecule has 0 unspecified atom stereocenters. The molecule has 0 saturated carbocycles. The van der Waals surface area contributed by atoms with Gasteiger partial charge in [0.25, 0.3) is 0 Å². The molecule has 0 aliphatic heterocycles. The number of oxime groups is 1. The van der Waals surface area contributed by atoms with Crippen LogP contribution in [-0.2, 0) is 11.3 Å². The fraction of sp³-hybridized carbons (Fsp3) is 0.500. The minimum absolute atomic E-state index is 0.230. The molecule has 0 heterocycles. The third-order valence-electron chi connectivity index (χ3n) is 3.05. The predicted molar refractivity (Wildman–Crippen MR) is 85.9 cm³/mol. The molecule has 0 spiro atoms. The molecule has 0 bridgehead atoms. The zero-order chi connectivity index (χ0) is 15.7. The minimum Gasteiger partial charge on any atom is -0.496 e. The van der Waals surface area contributed by atoms with Crippen molar-refractivity contribution in [2.45, 2.75) is 13.0 Å². The van der Waals surface area contributed by atoms with Gasteiger partial charge in [0, 0.05) is 33.2 Å². The van der Waals surface area contributed by atoms with Crippen LogP contribution >= 0.6 is 15.9 Å². The summed E-state index contributed by atoms with van der Waals surface area (Å²) < 4.78 is 11.3. The van der Waals surface area contributed by atoms with Crippen molar-refractivity contribution in [3.05, 3.63) is 28.2 Å². The maximum Gasteiger partial charge on any atom is 0.140 e. The van der Waals surface area contributed by atoms with Crippen LogP contribution in [0.2, 0.25) is 0 Å². The smallest absolute Gasteiger partial charge is 0.140 e. The highest BCUT2D eigenvalue weighted by Gasteiger charge is 2.09. The predicted octanol–water partition coefficient (Wildman–Crippen LogP) is 2.04. The van der Waals surface area contributed by atoms with E-state index in [4.69, 9.17) is 20.4 Å². The lowest BCUT2D eigenvalue weighted by atomic mass is 10.2. The number of rotatable bonds is 9. The van der Waals surface area contributed by atoms with Crippen LogP contribution < -0.4 is 10.5 Å². The Hall–Kier alpha value is -1.31. The summed E-state index contributed by atoms with van der Waals surface area (Å²) in [6.07, 6.45) is 0.511. The normalized spacial score (nSPS) is 11.9. The van der Waals surface area contributed by atoms with Crippen molar-refractivity contribution in [2.24, 2.45) is 10.9 Å². The Morgan fingerprint density at radius 2 is 2.14 bits per heavy atom. The van der Waals surface area contributed by atoms with Crippen LogP contribution in [0.3, 0.4) is 0 Å². The summed E-state index contributed by atoms with van der Waals surface area (Å²) in [7, 11) is 3.31. The van der Waals surface area contributed by atoms with Gasteiger partial charge < -0.3 is 20.4 Å². The van der Waals surface area contributed by atoms with Crippen LogP contribution in [0.1, 0.15) is 12.0 Å². The lowest BCUT2D eigenvalue weighted by Crippen LogP contribution is -2.30.